The van der Waals surface area contributed by atoms with E-state index in [2.05, 4.69) is 17.4 Å². The van der Waals surface area contributed by atoms with Gasteiger partial charge >= 0.3 is 0 Å². The topological polar surface area (TPSA) is 56.8 Å². The number of rotatable bonds is 7. The third-order valence-corrected chi connectivity index (χ3v) is 6.80. The molecule has 1 amide bonds. The molecule has 1 heterocycles. The number of nitrogens with one attached hydrogen (secondary N) is 1. The van der Waals surface area contributed by atoms with Crippen LogP contribution in [0.25, 0.3) is 10.1 Å². The van der Waals surface area contributed by atoms with Crippen LogP contribution in [0.1, 0.15) is 20.8 Å². The zero-order valence-electron chi connectivity index (χ0n) is 17.9. The molecule has 4 aromatic rings. The Bertz CT molecular complexity index is 1250. The molecule has 0 saturated heterocycles. The summed E-state index contributed by atoms with van der Waals surface area (Å²) in [7, 11) is 4.62. The second-order valence-corrected chi connectivity index (χ2v) is 8.48. The number of anilines is 1. The van der Waals surface area contributed by atoms with Crippen molar-refractivity contribution in [2.45, 2.75) is 6.42 Å². The average Bonchev–Trinajstić information content (AvgIpc) is 3.15. The van der Waals surface area contributed by atoms with Crippen molar-refractivity contribution in [1.82, 2.24) is 0 Å². The summed E-state index contributed by atoms with van der Waals surface area (Å²) in [6.07, 6.45) is 0.834. The fraction of sp³-hybridized carbons (Fsp3) is 0.160. The quantitative estimate of drug-likeness (QED) is 0.340. The van der Waals surface area contributed by atoms with Gasteiger partial charge in [-0.25, -0.2) is 0 Å². The van der Waals surface area contributed by atoms with Crippen LogP contribution in [0.4, 0.5) is 5.69 Å². The first-order chi connectivity index (χ1) is 15.5. The first-order valence-electron chi connectivity index (χ1n) is 9.90. The molecule has 0 bridgehead atoms. The number of hydrogen-bond acceptors (Lipinski definition) is 5. The normalized spacial score (nSPS) is 10.8. The monoisotopic (exact) mass is 467 g/mol. The standard InChI is InChI=1S/C25H22ClNO4S/c1-29-19-14-18-20(26)24(32-23(18)22(31-3)21(19)30-2)25(28)27-17-11-9-16(10-12-17)13-15-7-5-4-6-8-15/h4-12,14H,13H2,1-3H3,(H,27,28). The van der Waals surface area contributed by atoms with Crippen molar-refractivity contribution in [3.8, 4) is 17.2 Å². The molecule has 0 saturated carbocycles. The van der Waals surface area contributed by atoms with Gasteiger partial charge in [0.2, 0.25) is 5.75 Å². The highest BCUT2D eigenvalue weighted by molar-refractivity contribution is 7.22. The van der Waals surface area contributed by atoms with Crippen molar-refractivity contribution in [2.24, 2.45) is 0 Å². The SMILES string of the molecule is COc1cc2c(Cl)c(C(=O)Nc3ccc(Cc4ccccc4)cc3)sc2c(OC)c1OC. The summed E-state index contributed by atoms with van der Waals surface area (Å²) in [5, 5.41) is 3.95. The van der Waals surface area contributed by atoms with E-state index in [0.29, 0.717) is 38.2 Å². The van der Waals surface area contributed by atoms with E-state index >= 15 is 0 Å². The number of benzene rings is 3. The summed E-state index contributed by atoms with van der Waals surface area (Å²) in [6.45, 7) is 0. The predicted octanol–water partition coefficient (Wildman–Crippen LogP) is 6.42. The van der Waals surface area contributed by atoms with Crippen molar-refractivity contribution >= 4 is 44.6 Å². The summed E-state index contributed by atoms with van der Waals surface area (Å²) >= 11 is 7.84. The Morgan fingerprint density at radius 1 is 0.906 bits per heavy atom. The van der Waals surface area contributed by atoms with Gasteiger partial charge in [0.25, 0.3) is 5.91 Å². The van der Waals surface area contributed by atoms with Crippen molar-refractivity contribution in [3.63, 3.8) is 0 Å². The van der Waals surface area contributed by atoms with Gasteiger partial charge in [-0.2, -0.15) is 0 Å². The van der Waals surface area contributed by atoms with Gasteiger partial charge in [0.05, 0.1) is 31.1 Å². The van der Waals surface area contributed by atoms with E-state index in [0.717, 1.165) is 16.7 Å². The summed E-state index contributed by atoms with van der Waals surface area (Å²) in [5.41, 5.74) is 3.10. The van der Waals surface area contributed by atoms with Crippen LogP contribution in [0.3, 0.4) is 0 Å². The molecule has 3 aromatic carbocycles. The van der Waals surface area contributed by atoms with Gasteiger partial charge in [0, 0.05) is 11.1 Å². The number of hydrogen-bond donors (Lipinski definition) is 1. The molecule has 0 aliphatic carbocycles. The number of amides is 1. The summed E-state index contributed by atoms with van der Waals surface area (Å²) in [5.74, 6) is 1.14. The van der Waals surface area contributed by atoms with Crippen molar-refractivity contribution in [1.29, 1.82) is 0 Å². The zero-order valence-corrected chi connectivity index (χ0v) is 19.5. The van der Waals surface area contributed by atoms with Crippen molar-refractivity contribution in [2.75, 3.05) is 26.6 Å². The molecule has 0 aliphatic heterocycles. The molecule has 0 atom stereocenters. The largest absolute Gasteiger partial charge is 0.493 e. The van der Waals surface area contributed by atoms with Crippen LogP contribution in [-0.2, 0) is 6.42 Å². The third kappa shape index (κ3) is 4.24. The fourth-order valence-electron chi connectivity index (χ4n) is 3.53. The molecule has 0 fully saturated rings. The summed E-state index contributed by atoms with van der Waals surface area (Å²) in [6, 6.07) is 19.8. The lowest BCUT2D eigenvalue weighted by molar-refractivity contribution is 0.103. The Kier molecular flexibility index (Phi) is 6.53. The lowest BCUT2D eigenvalue weighted by atomic mass is 10.0. The van der Waals surface area contributed by atoms with Crippen molar-refractivity contribution in [3.05, 3.63) is 81.7 Å². The minimum absolute atomic E-state index is 0.285. The lowest BCUT2D eigenvalue weighted by Crippen LogP contribution is -2.10. The van der Waals surface area contributed by atoms with Crippen LogP contribution in [0, 0.1) is 0 Å². The first-order valence-corrected chi connectivity index (χ1v) is 11.1. The highest BCUT2D eigenvalue weighted by Gasteiger charge is 2.24. The van der Waals surface area contributed by atoms with E-state index in [1.807, 2.05) is 42.5 Å². The molecule has 0 spiro atoms. The number of carbonyl (C=O) groups excluding carboxylic acids is 1. The molecule has 1 aromatic heterocycles. The number of halogens is 1. The Labute approximate surface area is 195 Å². The molecule has 4 rings (SSSR count). The number of fused-ring (bicyclic) bond motifs is 1. The maximum atomic E-state index is 13.0. The van der Waals surface area contributed by atoms with E-state index in [9.17, 15) is 4.79 Å². The Morgan fingerprint density at radius 3 is 2.19 bits per heavy atom. The van der Waals surface area contributed by atoms with E-state index < -0.39 is 0 Å². The van der Waals surface area contributed by atoms with Crippen LogP contribution in [-0.4, -0.2) is 27.2 Å². The molecule has 32 heavy (non-hydrogen) atoms. The van der Waals surface area contributed by atoms with Crippen LogP contribution in [0.15, 0.2) is 60.7 Å². The summed E-state index contributed by atoms with van der Waals surface area (Å²) < 4.78 is 17.1. The first kappa shape index (κ1) is 22.0. The molecule has 7 heteroatoms. The molecule has 0 aliphatic rings. The van der Waals surface area contributed by atoms with E-state index in [1.54, 1.807) is 20.3 Å². The molecule has 164 valence electrons. The minimum atomic E-state index is -0.285. The van der Waals surface area contributed by atoms with Crippen LogP contribution >= 0.6 is 22.9 Å². The van der Waals surface area contributed by atoms with Gasteiger partial charge in [-0.1, -0.05) is 54.1 Å². The van der Waals surface area contributed by atoms with Gasteiger partial charge in [0.1, 0.15) is 4.88 Å². The second kappa shape index (κ2) is 9.51. The van der Waals surface area contributed by atoms with Gasteiger partial charge in [-0.3, -0.25) is 4.79 Å². The van der Waals surface area contributed by atoms with Gasteiger partial charge in [-0.05, 0) is 35.7 Å². The van der Waals surface area contributed by atoms with Gasteiger partial charge in [-0.15, -0.1) is 11.3 Å². The molecule has 1 N–H and O–H groups in total. The Morgan fingerprint density at radius 2 is 1.56 bits per heavy atom. The average molecular weight is 468 g/mol. The number of thiophene rings is 1. The van der Waals surface area contributed by atoms with E-state index in [-0.39, 0.29) is 5.91 Å². The minimum Gasteiger partial charge on any atom is -0.493 e. The summed E-state index contributed by atoms with van der Waals surface area (Å²) in [4.78, 5) is 13.4. The van der Waals surface area contributed by atoms with E-state index in [4.69, 9.17) is 25.8 Å². The highest BCUT2D eigenvalue weighted by Crippen LogP contribution is 2.49. The maximum absolute atomic E-state index is 13.0. The number of carbonyl (C=O) groups is 1. The fourth-order valence-corrected chi connectivity index (χ4v) is 5.03. The number of methoxy groups -OCH3 is 3. The smallest absolute Gasteiger partial charge is 0.267 e. The lowest BCUT2D eigenvalue weighted by Gasteiger charge is -2.12. The van der Waals surface area contributed by atoms with Crippen LogP contribution < -0.4 is 19.5 Å². The Balaban J connectivity index is 1.59. The highest BCUT2D eigenvalue weighted by atomic mass is 35.5. The van der Waals surface area contributed by atoms with Gasteiger partial charge < -0.3 is 19.5 Å². The number of ether oxygens (including phenoxy) is 3. The zero-order chi connectivity index (χ0) is 22.7. The van der Waals surface area contributed by atoms with Crippen LogP contribution in [0.5, 0.6) is 17.2 Å². The third-order valence-electron chi connectivity index (χ3n) is 5.09. The molecule has 5 nitrogen and oxygen atoms in total. The maximum Gasteiger partial charge on any atom is 0.267 e. The van der Waals surface area contributed by atoms with E-state index in [1.165, 1.54) is 24.0 Å². The van der Waals surface area contributed by atoms with Gasteiger partial charge in [0.15, 0.2) is 11.5 Å². The molecular formula is C25H22ClNO4S. The Hall–Kier alpha value is -3.22. The predicted molar refractivity (Wildman–Crippen MR) is 130 cm³/mol. The van der Waals surface area contributed by atoms with Crippen LogP contribution in [0.2, 0.25) is 5.02 Å². The van der Waals surface area contributed by atoms with Crippen molar-refractivity contribution < 1.29 is 19.0 Å². The molecule has 0 unspecified atom stereocenters. The second-order valence-electron chi connectivity index (χ2n) is 7.08. The molecule has 0 radical (unpaired) electrons. The molecular weight excluding hydrogens is 446 g/mol.